The van der Waals surface area contributed by atoms with E-state index in [1.807, 2.05) is 19.1 Å². The van der Waals surface area contributed by atoms with Crippen molar-refractivity contribution in [3.05, 3.63) is 62.6 Å². The Morgan fingerprint density at radius 1 is 1.42 bits per heavy atom. The monoisotopic (exact) mass is 343 g/mol. The molecule has 0 aliphatic rings. The Bertz CT molecular complexity index is 606. The molecule has 3 nitrogen and oxygen atoms in total. The fourth-order valence-electron chi connectivity index (χ4n) is 1.82. The Balaban J connectivity index is 2.51. The highest BCUT2D eigenvalue weighted by Gasteiger charge is 2.20. The van der Waals surface area contributed by atoms with Crippen LogP contribution in [0.1, 0.15) is 22.9 Å². The number of nitrogens with two attached hydrogens (primary N) is 1. The van der Waals surface area contributed by atoms with Gasteiger partial charge in [0, 0.05) is 16.2 Å². The molecule has 0 aliphatic carbocycles. The van der Waals surface area contributed by atoms with Crippen molar-refractivity contribution in [2.75, 3.05) is 0 Å². The average Bonchev–Trinajstić information content (AvgIpc) is 2.40. The van der Waals surface area contributed by atoms with E-state index in [1.54, 1.807) is 18.3 Å². The highest BCUT2D eigenvalue weighted by Crippen LogP contribution is 2.32. The number of nitrogens with one attached hydrogen (secondary N) is 1. The van der Waals surface area contributed by atoms with E-state index in [-0.39, 0.29) is 5.02 Å². The van der Waals surface area contributed by atoms with Gasteiger partial charge in [0.1, 0.15) is 5.82 Å². The summed E-state index contributed by atoms with van der Waals surface area (Å²) in [6.07, 6.45) is 1.66. The number of hydrogen-bond donors (Lipinski definition) is 2. The number of aryl methyl sites for hydroxylation is 1. The van der Waals surface area contributed by atoms with Gasteiger partial charge in [0.05, 0.1) is 16.8 Å². The summed E-state index contributed by atoms with van der Waals surface area (Å²) in [6, 6.07) is 6.47. The van der Waals surface area contributed by atoms with Crippen molar-refractivity contribution >= 4 is 27.5 Å². The van der Waals surface area contributed by atoms with Gasteiger partial charge in [-0.2, -0.15) is 0 Å². The van der Waals surface area contributed by atoms with Gasteiger partial charge in [0.15, 0.2) is 0 Å². The number of hydrazine groups is 1. The zero-order valence-electron chi connectivity index (χ0n) is 10.1. The van der Waals surface area contributed by atoms with Crippen LogP contribution in [-0.4, -0.2) is 4.98 Å². The van der Waals surface area contributed by atoms with Crippen molar-refractivity contribution in [3.8, 4) is 0 Å². The van der Waals surface area contributed by atoms with E-state index < -0.39 is 11.9 Å². The van der Waals surface area contributed by atoms with E-state index in [2.05, 4.69) is 26.3 Å². The number of hydrogen-bond acceptors (Lipinski definition) is 3. The van der Waals surface area contributed by atoms with Crippen LogP contribution >= 0.6 is 27.5 Å². The lowest BCUT2D eigenvalue weighted by Gasteiger charge is -2.18. The molecule has 0 bridgehead atoms. The minimum absolute atomic E-state index is 0.0328. The molecule has 0 amide bonds. The first kappa shape index (κ1) is 14.4. The molecule has 3 N–H and O–H groups in total. The zero-order chi connectivity index (χ0) is 14.0. The Labute approximate surface area is 124 Å². The third kappa shape index (κ3) is 2.95. The summed E-state index contributed by atoms with van der Waals surface area (Å²) in [5.74, 6) is 5.02. The maximum atomic E-state index is 14.2. The summed E-state index contributed by atoms with van der Waals surface area (Å²) in [6.45, 7) is 1.93. The molecule has 2 rings (SSSR count). The molecule has 0 saturated carbocycles. The predicted octanol–water partition coefficient (Wildman–Crippen LogP) is 3.50. The van der Waals surface area contributed by atoms with Gasteiger partial charge in [-0.05, 0) is 46.6 Å². The maximum absolute atomic E-state index is 14.2. The zero-order valence-corrected chi connectivity index (χ0v) is 12.5. The maximum Gasteiger partial charge on any atom is 0.148 e. The Morgan fingerprint density at radius 3 is 2.79 bits per heavy atom. The van der Waals surface area contributed by atoms with Crippen LogP contribution in [0, 0.1) is 12.7 Å². The molecule has 1 unspecified atom stereocenters. The molecular weight excluding hydrogens is 333 g/mol. The smallest absolute Gasteiger partial charge is 0.148 e. The minimum atomic E-state index is -0.550. The molecule has 0 saturated heterocycles. The number of benzene rings is 1. The van der Waals surface area contributed by atoms with E-state index in [0.717, 1.165) is 5.56 Å². The van der Waals surface area contributed by atoms with Crippen LogP contribution in [0.4, 0.5) is 4.39 Å². The average molecular weight is 345 g/mol. The molecule has 2 aromatic rings. The third-order valence-electron chi connectivity index (χ3n) is 2.78. The number of pyridine rings is 1. The van der Waals surface area contributed by atoms with Gasteiger partial charge < -0.3 is 0 Å². The first-order valence-corrected chi connectivity index (χ1v) is 6.73. The number of nitrogens with zero attached hydrogens (tertiary/aromatic N) is 1. The highest BCUT2D eigenvalue weighted by molar-refractivity contribution is 9.10. The van der Waals surface area contributed by atoms with Gasteiger partial charge >= 0.3 is 0 Å². The van der Waals surface area contributed by atoms with Gasteiger partial charge in [0.2, 0.25) is 0 Å². The molecule has 1 heterocycles. The van der Waals surface area contributed by atoms with Crippen LogP contribution in [0.25, 0.3) is 0 Å². The topological polar surface area (TPSA) is 50.9 Å². The van der Waals surface area contributed by atoms with E-state index in [1.165, 1.54) is 0 Å². The van der Waals surface area contributed by atoms with Crippen LogP contribution in [0.3, 0.4) is 0 Å². The van der Waals surface area contributed by atoms with Crippen LogP contribution < -0.4 is 11.3 Å². The second-order valence-electron chi connectivity index (χ2n) is 4.12. The molecular formula is C13H12BrClFN3. The summed E-state index contributed by atoms with van der Waals surface area (Å²) in [5.41, 5.74) is 4.59. The fraction of sp³-hybridized carbons (Fsp3) is 0.154. The lowest BCUT2D eigenvalue weighted by Crippen LogP contribution is -2.30. The largest absolute Gasteiger partial charge is 0.271 e. The molecule has 1 aromatic carbocycles. The molecule has 1 atom stereocenters. The van der Waals surface area contributed by atoms with Crippen molar-refractivity contribution in [2.45, 2.75) is 13.0 Å². The van der Waals surface area contributed by atoms with E-state index in [0.29, 0.717) is 15.7 Å². The molecule has 0 aliphatic heterocycles. The van der Waals surface area contributed by atoms with Gasteiger partial charge in [-0.1, -0.05) is 17.7 Å². The normalized spacial score (nSPS) is 12.5. The van der Waals surface area contributed by atoms with Gasteiger partial charge in [0.25, 0.3) is 0 Å². The summed E-state index contributed by atoms with van der Waals surface area (Å²) in [5, 5.41) is 0.0328. The number of halogens is 3. The first-order valence-electron chi connectivity index (χ1n) is 5.56. The Hall–Kier alpha value is -1.01. The lowest BCUT2D eigenvalue weighted by molar-refractivity contribution is 0.552. The summed E-state index contributed by atoms with van der Waals surface area (Å²) < 4.78 is 14.7. The van der Waals surface area contributed by atoms with Gasteiger partial charge in [-0.15, -0.1) is 0 Å². The number of rotatable bonds is 3. The standard InChI is InChI=1S/C13H12BrClFN3/c1-7-4-5-18-10(6-7)13(19-17)8-2-3-9(14)11(15)12(8)16/h2-6,13,19H,17H2,1H3. The summed E-state index contributed by atoms with van der Waals surface area (Å²) in [4.78, 5) is 4.22. The van der Waals surface area contributed by atoms with Crippen molar-refractivity contribution in [1.29, 1.82) is 0 Å². The van der Waals surface area contributed by atoms with Gasteiger partial charge in [-0.3, -0.25) is 10.8 Å². The predicted molar refractivity (Wildman–Crippen MR) is 77.3 cm³/mol. The molecule has 0 fully saturated rings. The summed E-state index contributed by atoms with van der Waals surface area (Å²) >= 11 is 9.07. The van der Waals surface area contributed by atoms with E-state index in [9.17, 15) is 4.39 Å². The second-order valence-corrected chi connectivity index (χ2v) is 5.35. The minimum Gasteiger partial charge on any atom is -0.271 e. The molecule has 100 valence electrons. The quantitative estimate of drug-likeness (QED) is 0.509. The van der Waals surface area contributed by atoms with E-state index >= 15 is 0 Å². The number of aromatic nitrogens is 1. The molecule has 0 spiro atoms. The first-order chi connectivity index (χ1) is 9.04. The van der Waals surface area contributed by atoms with Crippen LogP contribution in [0.2, 0.25) is 5.02 Å². The lowest BCUT2D eigenvalue weighted by atomic mass is 10.0. The SMILES string of the molecule is Cc1ccnc(C(NN)c2ccc(Br)c(Cl)c2F)c1. The molecule has 6 heteroatoms. The van der Waals surface area contributed by atoms with Crippen LogP contribution in [0.15, 0.2) is 34.9 Å². The fourth-order valence-corrected chi connectivity index (χ4v) is 2.29. The summed E-state index contributed by atoms with van der Waals surface area (Å²) in [7, 11) is 0. The van der Waals surface area contributed by atoms with Crippen molar-refractivity contribution in [3.63, 3.8) is 0 Å². The molecule has 1 aromatic heterocycles. The Kier molecular flexibility index (Phi) is 4.52. The Morgan fingerprint density at radius 2 is 2.16 bits per heavy atom. The van der Waals surface area contributed by atoms with Crippen molar-refractivity contribution < 1.29 is 4.39 Å². The van der Waals surface area contributed by atoms with Crippen molar-refractivity contribution in [1.82, 2.24) is 10.4 Å². The molecule has 19 heavy (non-hydrogen) atoms. The van der Waals surface area contributed by atoms with Crippen molar-refractivity contribution in [2.24, 2.45) is 5.84 Å². The molecule has 0 radical (unpaired) electrons. The third-order valence-corrected chi connectivity index (χ3v) is 4.03. The van der Waals surface area contributed by atoms with Gasteiger partial charge in [-0.25, -0.2) is 9.82 Å². The van der Waals surface area contributed by atoms with Crippen LogP contribution in [0.5, 0.6) is 0 Å². The van der Waals surface area contributed by atoms with Crippen LogP contribution in [-0.2, 0) is 0 Å². The second kappa shape index (κ2) is 5.96. The highest BCUT2D eigenvalue weighted by atomic mass is 79.9. The van der Waals surface area contributed by atoms with E-state index in [4.69, 9.17) is 17.4 Å².